The highest BCUT2D eigenvalue weighted by Crippen LogP contribution is 2.24. The van der Waals surface area contributed by atoms with E-state index in [-0.39, 0.29) is 0 Å². The number of allylic oxidation sites excluding steroid dienone is 2. The van der Waals surface area contributed by atoms with Crippen LogP contribution in [-0.2, 0) is 16.0 Å². The van der Waals surface area contributed by atoms with Gasteiger partial charge in [-0.05, 0) is 36.7 Å². The molecular formula is C16H18O2. The Hall–Kier alpha value is -1.88. The smallest absolute Gasteiger partial charge is 0.120 e. The van der Waals surface area contributed by atoms with E-state index >= 15 is 0 Å². The average molecular weight is 242 g/mol. The van der Waals surface area contributed by atoms with Crippen LogP contribution in [-0.4, -0.2) is 11.9 Å². The number of rotatable bonds is 7. The predicted molar refractivity (Wildman–Crippen MR) is 72.6 cm³/mol. The zero-order chi connectivity index (χ0) is 13.2. The first-order valence-corrected chi connectivity index (χ1v) is 6.20. The molecule has 1 aromatic carbocycles. The molecule has 0 amide bonds. The zero-order valence-corrected chi connectivity index (χ0v) is 10.6. The van der Waals surface area contributed by atoms with Crippen molar-refractivity contribution in [2.45, 2.75) is 26.2 Å². The third-order valence-electron chi connectivity index (χ3n) is 3.22. The van der Waals surface area contributed by atoms with Crippen LogP contribution in [0.25, 0.3) is 0 Å². The van der Waals surface area contributed by atoms with Crippen LogP contribution in [0, 0.1) is 11.8 Å². The summed E-state index contributed by atoms with van der Waals surface area (Å²) in [6.07, 6.45) is 5.37. The Morgan fingerprint density at radius 1 is 1.06 bits per heavy atom. The molecule has 0 aliphatic carbocycles. The second-order valence-electron chi connectivity index (χ2n) is 4.54. The maximum Gasteiger partial charge on any atom is 0.120 e. The van der Waals surface area contributed by atoms with Crippen LogP contribution in [0.4, 0.5) is 0 Å². The molecule has 0 heterocycles. The first-order chi connectivity index (χ1) is 8.77. The summed E-state index contributed by atoms with van der Waals surface area (Å²) in [5, 5.41) is 0. The van der Waals surface area contributed by atoms with Gasteiger partial charge in [0, 0.05) is 12.2 Å². The fraction of sp³-hybridized carbons (Fsp3) is 0.375. The van der Waals surface area contributed by atoms with Crippen molar-refractivity contribution in [1.29, 1.82) is 0 Å². The Labute approximate surface area is 108 Å². The van der Waals surface area contributed by atoms with Gasteiger partial charge in [-0.2, -0.15) is 0 Å². The Balaban J connectivity index is 2.71. The first kappa shape index (κ1) is 14.2. The summed E-state index contributed by atoms with van der Waals surface area (Å²) in [6, 6.07) is 10.2. The van der Waals surface area contributed by atoms with Crippen molar-refractivity contribution in [2.24, 2.45) is 11.8 Å². The van der Waals surface area contributed by atoms with Crippen LogP contribution < -0.4 is 0 Å². The van der Waals surface area contributed by atoms with Crippen LogP contribution in [0.3, 0.4) is 0 Å². The maximum absolute atomic E-state index is 10.3. The molecule has 2 nitrogen and oxygen atoms in total. The summed E-state index contributed by atoms with van der Waals surface area (Å²) >= 11 is 0. The molecule has 1 aromatic rings. The lowest BCUT2D eigenvalue weighted by molar-refractivity contribution is 0.361. The predicted octanol–water partition coefficient (Wildman–Crippen LogP) is 3.04. The standard InChI is InChI=1S/C16H18O2/c1-14(7-5-11-17)16(10-6-12-18)13-15-8-3-2-4-9-15/h2-6,8-9,14,16H,7,10,13H2,1H3. The van der Waals surface area contributed by atoms with Crippen LogP contribution in [0.15, 0.2) is 42.5 Å². The molecule has 0 spiro atoms. The van der Waals surface area contributed by atoms with Gasteiger partial charge in [0.25, 0.3) is 0 Å². The molecule has 0 aliphatic heterocycles. The van der Waals surface area contributed by atoms with Crippen molar-refractivity contribution in [2.75, 3.05) is 0 Å². The van der Waals surface area contributed by atoms with Crippen molar-refractivity contribution < 1.29 is 9.59 Å². The van der Waals surface area contributed by atoms with E-state index in [1.54, 1.807) is 0 Å². The first-order valence-electron chi connectivity index (χ1n) is 6.20. The molecule has 0 saturated carbocycles. The lowest BCUT2D eigenvalue weighted by atomic mass is 9.83. The fourth-order valence-electron chi connectivity index (χ4n) is 2.06. The van der Waals surface area contributed by atoms with Gasteiger partial charge in [0.15, 0.2) is 0 Å². The minimum atomic E-state index is 0.344. The number of hydrogen-bond donors (Lipinski definition) is 0. The van der Waals surface area contributed by atoms with E-state index < -0.39 is 0 Å². The van der Waals surface area contributed by atoms with Gasteiger partial charge in [-0.25, -0.2) is 9.59 Å². The largest absolute Gasteiger partial charge is 0.234 e. The van der Waals surface area contributed by atoms with Gasteiger partial charge in [-0.15, -0.1) is 0 Å². The van der Waals surface area contributed by atoms with E-state index in [1.165, 1.54) is 17.7 Å². The van der Waals surface area contributed by atoms with Crippen molar-refractivity contribution in [1.82, 2.24) is 0 Å². The lowest BCUT2D eigenvalue weighted by Gasteiger charge is -2.21. The highest BCUT2D eigenvalue weighted by molar-refractivity contribution is 5.45. The van der Waals surface area contributed by atoms with E-state index in [1.807, 2.05) is 30.1 Å². The Bertz CT molecular complexity index is 437. The van der Waals surface area contributed by atoms with Gasteiger partial charge in [0.2, 0.25) is 0 Å². The van der Waals surface area contributed by atoms with E-state index in [0.29, 0.717) is 24.7 Å². The average Bonchev–Trinajstić information content (AvgIpc) is 2.42. The zero-order valence-electron chi connectivity index (χ0n) is 10.6. The number of carbonyl (C=O) groups excluding carboxylic acids is 2. The third kappa shape index (κ3) is 4.97. The Morgan fingerprint density at radius 2 is 1.67 bits per heavy atom. The summed E-state index contributed by atoms with van der Waals surface area (Å²) in [5.74, 6) is 4.33. The molecule has 18 heavy (non-hydrogen) atoms. The van der Waals surface area contributed by atoms with Gasteiger partial charge in [-0.1, -0.05) is 37.3 Å². The summed E-state index contributed by atoms with van der Waals surface area (Å²) < 4.78 is 0. The monoisotopic (exact) mass is 242 g/mol. The molecule has 1 rings (SSSR count). The molecule has 0 radical (unpaired) electrons. The third-order valence-corrected chi connectivity index (χ3v) is 3.22. The van der Waals surface area contributed by atoms with E-state index in [9.17, 15) is 9.59 Å². The Morgan fingerprint density at radius 3 is 2.28 bits per heavy atom. The molecule has 0 aliphatic rings. The fourth-order valence-corrected chi connectivity index (χ4v) is 2.06. The van der Waals surface area contributed by atoms with Gasteiger partial charge in [0.1, 0.15) is 11.9 Å². The quantitative estimate of drug-likeness (QED) is 0.689. The van der Waals surface area contributed by atoms with Gasteiger partial charge in [-0.3, -0.25) is 0 Å². The summed E-state index contributed by atoms with van der Waals surface area (Å²) in [5.41, 5.74) is 1.25. The Kier molecular flexibility index (Phi) is 6.50. The second-order valence-corrected chi connectivity index (χ2v) is 4.54. The molecule has 0 saturated heterocycles. The molecule has 0 bridgehead atoms. The van der Waals surface area contributed by atoms with Crippen molar-refractivity contribution in [3.8, 4) is 0 Å². The van der Waals surface area contributed by atoms with E-state index in [2.05, 4.69) is 19.1 Å². The van der Waals surface area contributed by atoms with E-state index in [0.717, 1.165) is 6.42 Å². The molecular weight excluding hydrogens is 224 g/mol. The molecule has 2 heteroatoms. The van der Waals surface area contributed by atoms with Gasteiger partial charge in [0.05, 0.1) is 0 Å². The van der Waals surface area contributed by atoms with Crippen molar-refractivity contribution >= 4 is 11.9 Å². The molecule has 2 unspecified atom stereocenters. The van der Waals surface area contributed by atoms with Gasteiger partial charge < -0.3 is 0 Å². The maximum atomic E-state index is 10.3. The van der Waals surface area contributed by atoms with Crippen LogP contribution in [0.1, 0.15) is 25.3 Å². The lowest BCUT2D eigenvalue weighted by Crippen LogP contribution is -2.13. The number of benzene rings is 1. The van der Waals surface area contributed by atoms with Gasteiger partial charge >= 0.3 is 0 Å². The minimum Gasteiger partial charge on any atom is -0.234 e. The van der Waals surface area contributed by atoms with Crippen molar-refractivity contribution in [3.05, 3.63) is 48.0 Å². The highest BCUT2D eigenvalue weighted by atomic mass is 16.1. The molecule has 0 N–H and O–H groups in total. The summed E-state index contributed by atoms with van der Waals surface area (Å²) in [4.78, 5) is 20.6. The summed E-state index contributed by atoms with van der Waals surface area (Å²) in [6.45, 7) is 2.10. The van der Waals surface area contributed by atoms with E-state index in [4.69, 9.17) is 0 Å². The summed E-state index contributed by atoms with van der Waals surface area (Å²) in [7, 11) is 0. The topological polar surface area (TPSA) is 34.1 Å². The van der Waals surface area contributed by atoms with Crippen LogP contribution in [0.2, 0.25) is 0 Å². The molecule has 94 valence electrons. The molecule has 0 fully saturated rings. The normalized spacial score (nSPS) is 12.9. The number of hydrogen-bond acceptors (Lipinski definition) is 2. The SMILES string of the molecule is CC(CC=C=O)C(CC=C=O)Cc1ccccc1. The second kappa shape index (κ2) is 8.25. The van der Waals surface area contributed by atoms with Crippen molar-refractivity contribution in [3.63, 3.8) is 0 Å². The van der Waals surface area contributed by atoms with Crippen LogP contribution >= 0.6 is 0 Å². The van der Waals surface area contributed by atoms with Crippen LogP contribution in [0.5, 0.6) is 0 Å². The molecule has 0 aromatic heterocycles. The highest BCUT2D eigenvalue weighted by Gasteiger charge is 2.16. The minimum absolute atomic E-state index is 0.344. The molecule has 2 atom stereocenters.